The molecule has 0 amide bonds. The van der Waals surface area contributed by atoms with Crippen molar-refractivity contribution in [3.63, 3.8) is 0 Å². The first-order valence-corrected chi connectivity index (χ1v) is 7.44. The number of likely N-dealkylation sites (N-methyl/N-ethyl adjacent to an activating group) is 1. The van der Waals surface area contributed by atoms with Gasteiger partial charge in [-0.3, -0.25) is 0 Å². The van der Waals surface area contributed by atoms with Crippen LogP contribution >= 0.6 is 0 Å². The van der Waals surface area contributed by atoms with Gasteiger partial charge in [0.15, 0.2) is 0 Å². The SMILES string of the molecule is CCNC(Cc1c(F)cccc1F)CC1CCOCC1. The monoisotopic (exact) mass is 283 g/mol. The molecule has 1 unspecified atom stereocenters. The van der Waals surface area contributed by atoms with Crippen LogP contribution in [-0.4, -0.2) is 25.8 Å². The highest BCUT2D eigenvalue weighted by molar-refractivity contribution is 5.20. The van der Waals surface area contributed by atoms with Crippen molar-refractivity contribution < 1.29 is 13.5 Å². The third-order valence-corrected chi connectivity index (χ3v) is 3.96. The Balaban J connectivity index is 2.00. The van der Waals surface area contributed by atoms with Crippen molar-refractivity contribution in [2.24, 2.45) is 5.92 Å². The standard InChI is InChI=1S/C16H23F2NO/c1-2-19-13(10-12-6-8-20-9-7-12)11-14-15(17)4-3-5-16(14)18/h3-5,12-13,19H,2,6-11H2,1H3. The minimum absolute atomic E-state index is 0.120. The Bertz CT molecular complexity index is 399. The predicted molar refractivity (Wildman–Crippen MR) is 75.7 cm³/mol. The number of benzene rings is 1. The summed E-state index contributed by atoms with van der Waals surface area (Å²) < 4.78 is 32.8. The van der Waals surface area contributed by atoms with E-state index in [4.69, 9.17) is 4.74 Å². The Morgan fingerprint density at radius 2 is 1.90 bits per heavy atom. The topological polar surface area (TPSA) is 21.3 Å². The molecule has 2 rings (SSSR count). The molecule has 1 saturated heterocycles. The van der Waals surface area contributed by atoms with E-state index in [1.54, 1.807) is 0 Å². The molecule has 20 heavy (non-hydrogen) atoms. The fourth-order valence-electron chi connectivity index (χ4n) is 2.89. The third kappa shape index (κ3) is 4.25. The molecular weight excluding hydrogens is 260 g/mol. The number of rotatable bonds is 6. The zero-order valence-electron chi connectivity index (χ0n) is 12.0. The molecule has 0 saturated carbocycles. The van der Waals surface area contributed by atoms with Crippen LogP contribution in [0.4, 0.5) is 8.78 Å². The Kier molecular flexibility index (Phi) is 5.92. The van der Waals surface area contributed by atoms with Crippen molar-refractivity contribution in [1.82, 2.24) is 5.32 Å². The van der Waals surface area contributed by atoms with E-state index in [0.717, 1.165) is 39.0 Å². The van der Waals surface area contributed by atoms with Crippen molar-refractivity contribution in [2.75, 3.05) is 19.8 Å². The first-order chi connectivity index (χ1) is 9.70. The number of nitrogens with one attached hydrogen (secondary N) is 1. The van der Waals surface area contributed by atoms with E-state index in [0.29, 0.717) is 12.3 Å². The molecule has 4 heteroatoms. The lowest BCUT2D eigenvalue weighted by molar-refractivity contribution is 0.0605. The molecule has 0 aliphatic carbocycles. The molecule has 1 N–H and O–H groups in total. The van der Waals surface area contributed by atoms with E-state index in [9.17, 15) is 8.78 Å². The lowest BCUT2D eigenvalue weighted by Gasteiger charge is -2.27. The lowest BCUT2D eigenvalue weighted by atomic mass is 9.89. The fourth-order valence-corrected chi connectivity index (χ4v) is 2.89. The molecule has 0 radical (unpaired) electrons. The van der Waals surface area contributed by atoms with Crippen molar-refractivity contribution >= 4 is 0 Å². The summed E-state index contributed by atoms with van der Waals surface area (Å²) in [5.74, 6) is -0.303. The summed E-state index contributed by atoms with van der Waals surface area (Å²) >= 11 is 0. The average Bonchev–Trinajstić information content (AvgIpc) is 2.44. The van der Waals surface area contributed by atoms with Crippen LogP contribution in [0.25, 0.3) is 0 Å². The van der Waals surface area contributed by atoms with Crippen LogP contribution < -0.4 is 5.32 Å². The molecule has 1 aliphatic heterocycles. The van der Waals surface area contributed by atoms with E-state index in [1.165, 1.54) is 18.2 Å². The second kappa shape index (κ2) is 7.70. The van der Waals surface area contributed by atoms with Crippen LogP contribution in [0, 0.1) is 17.6 Å². The highest BCUT2D eigenvalue weighted by Gasteiger charge is 2.21. The largest absolute Gasteiger partial charge is 0.381 e. The molecule has 112 valence electrons. The zero-order valence-corrected chi connectivity index (χ0v) is 12.0. The van der Waals surface area contributed by atoms with Gasteiger partial charge in [0.1, 0.15) is 11.6 Å². The fraction of sp³-hybridized carbons (Fsp3) is 0.625. The Morgan fingerprint density at radius 1 is 1.25 bits per heavy atom. The van der Waals surface area contributed by atoms with Crippen molar-refractivity contribution in [1.29, 1.82) is 0 Å². The summed E-state index contributed by atoms with van der Waals surface area (Å²) in [4.78, 5) is 0. The van der Waals surface area contributed by atoms with Gasteiger partial charge in [0.05, 0.1) is 0 Å². The van der Waals surface area contributed by atoms with E-state index < -0.39 is 11.6 Å². The van der Waals surface area contributed by atoms with Gasteiger partial charge in [-0.1, -0.05) is 13.0 Å². The van der Waals surface area contributed by atoms with Gasteiger partial charge < -0.3 is 10.1 Å². The summed E-state index contributed by atoms with van der Waals surface area (Å²) in [6.45, 7) is 4.44. The van der Waals surface area contributed by atoms with Crippen LogP contribution in [0.5, 0.6) is 0 Å². The minimum Gasteiger partial charge on any atom is -0.381 e. The van der Waals surface area contributed by atoms with Crippen LogP contribution in [0.2, 0.25) is 0 Å². The maximum Gasteiger partial charge on any atom is 0.129 e. The highest BCUT2D eigenvalue weighted by atomic mass is 19.1. The molecule has 0 bridgehead atoms. The highest BCUT2D eigenvalue weighted by Crippen LogP contribution is 2.23. The number of ether oxygens (including phenoxy) is 1. The van der Waals surface area contributed by atoms with Gasteiger partial charge in [-0.15, -0.1) is 0 Å². The Hall–Kier alpha value is -1.00. The molecule has 2 nitrogen and oxygen atoms in total. The van der Waals surface area contributed by atoms with E-state index in [1.807, 2.05) is 6.92 Å². The maximum atomic E-state index is 13.7. The van der Waals surface area contributed by atoms with E-state index in [2.05, 4.69) is 5.32 Å². The van der Waals surface area contributed by atoms with Gasteiger partial charge in [0.2, 0.25) is 0 Å². The van der Waals surface area contributed by atoms with Gasteiger partial charge >= 0.3 is 0 Å². The van der Waals surface area contributed by atoms with Crippen LogP contribution in [0.3, 0.4) is 0 Å². The molecule has 0 spiro atoms. The quantitative estimate of drug-likeness (QED) is 0.865. The molecule has 1 aliphatic rings. The summed E-state index contributed by atoms with van der Waals surface area (Å²) in [6, 6.07) is 4.19. The van der Waals surface area contributed by atoms with E-state index >= 15 is 0 Å². The number of hydrogen-bond donors (Lipinski definition) is 1. The minimum atomic E-state index is -0.445. The first kappa shape index (κ1) is 15.4. The Labute approximate surface area is 119 Å². The predicted octanol–water partition coefficient (Wildman–Crippen LogP) is 3.30. The maximum absolute atomic E-state index is 13.7. The second-order valence-corrected chi connectivity index (χ2v) is 5.45. The summed E-state index contributed by atoms with van der Waals surface area (Å²) in [5.41, 5.74) is 0.200. The summed E-state index contributed by atoms with van der Waals surface area (Å²) in [7, 11) is 0. The first-order valence-electron chi connectivity index (χ1n) is 7.44. The van der Waals surface area contributed by atoms with Gasteiger partial charge in [0, 0.05) is 24.8 Å². The average molecular weight is 283 g/mol. The third-order valence-electron chi connectivity index (χ3n) is 3.96. The molecule has 1 atom stereocenters. The van der Waals surface area contributed by atoms with Gasteiger partial charge in [0.25, 0.3) is 0 Å². The smallest absolute Gasteiger partial charge is 0.129 e. The second-order valence-electron chi connectivity index (χ2n) is 5.45. The van der Waals surface area contributed by atoms with Crippen LogP contribution in [0.15, 0.2) is 18.2 Å². The molecular formula is C16H23F2NO. The number of hydrogen-bond acceptors (Lipinski definition) is 2. The molecule has 0 aromatic heterocycles. The number of halogens is 2. The Morgan fingerprint density at radius 3 is 2.50 bits per heavy atom. The van der Waals surface area contributed by atoms with Gasteiger partial charge in [-0.2, -0.15) is 0 Å². The molecule has 1 heterocycles. The van der Waals surface area contributed by atoms with Gasteiger partial charge in [-0.05, 0) is 50.3 Å². The van der Waals surface area contributed by atoms with E-state index in [-0.39, 0.29) is 11.6 Å². The molecule has 1 fully saturated rings. The van der Waals surface area contributed by atoms with Crippen molar-refractivity contribution in [3.8, 4) is 0 Å². The van der Waals surface area contributed by atoms with Gasteiger partial charge in [-0.25, -0.2) is 8.78 Å². The summed E-state index contributed by atoms with van der Waals surface area (Å²) in [5, 5.41) is 3.36. The zero-order chi connectivity index (χ0) is 14.4. The normalized spacial score (nSPS) is 18.1. The molecule has 1 aromatic carbocycles. The van der Waals surface area contributed by atoms with Crippen LogP contribution in [0.1, 0.15) is 31.7 Å². The van der Waals surface area contributed by atoms with Crippen molar-refractivity contribution in [3.05, 3.63) is 35.4 Å². The van der Waals surface area contributed by atoms with Crippen molar-refractivity contribution in [2.45, 2.75) is 38.6 Å². The summed E-state index contributed by atoms with van der Waals surface area (Å²) in [6.07, 6.45) is 3.44. The van der Waals surface area contributed by atoms with Crippen LogP contribution in [-0.2, 0) is 11.2 Å². The molecule has 1 aromatic rings. The lowest BCUT2D eigenvalue weighted by Crippen LogP contribution is -2.35.